The predicted octanol–water partition coefficient (Wildman–Crippen LogP) is 5.11. The first-order valence-corrected chi connectivity index (χ1v) is 11.0. The van der Waals surface area contributed by atoms with Crippen LogP contribution in [0.1, 0.15) is 50.4 Å². The maximum Gasteiger partial charge on any atom is 0.234 e. The lowest BCUT2D eigenvalue weighted by atomic mass is 9.87. The Morgan fingerprint density at radius 1 is 1.30 bits per heavy atom. The second kappa shape index (κ2) is 9.60. The number of nitrogens with zero attached hydrogens (tertiary/aromatic N) is 3. The Kier molecular flexibility index (Phi) is 7.19. The number of halogens is 1. The molecule has 0 atom stereocenters. The average Bonchev–Trinajstić information content (AvgIpc) is 3.06. The molecule has 1 aliphatic carbocycles. The molecule has 7 heteroatoms. The summed E-state index contributed by atoms with van der Waals surface area (Å²) in [5, 5.41) is 13.2. The highest BCUT2D eigenvalue weighted by molar-refractivity contribution is 7.99. The van der Waals surface area contributed by atoms with Crippen molar-refractivity contribution in [3.05, 3.63) is 34.6 Å². The lowest BCUT2D eigenvalue weighted by molar-refractivity contribution is -0.113. The quantitative estimate of drug-likeness (QED) is 0.648. The Labute approximate surface area is 170 Å². The van der Waals surface area contributed by atoms with E-state index in [4.69, 9.17) is 11.6 Å². The molecule has 3 rings (SSSR count). The van der Waals surface area contributed by atoms with Gasteiger partial charge in [0, 0.05) is 23.7 Å². The Hall–Kier alpha value is -1.53. The second-order valence-electron chi connectivity index (χ2n) is 7.10. The summed E-state index contributed by atoms with van der Waals surface area (Å²) in [6.07, 6.45) is 7.60. The molecule has 2 aromatic rings. The fourth-order valence-electron chi connectivity index (χ4n) is 3.60. The van der Waals surface area contributed by atoms with Gasteiger partial charge >= 0.3 is 0 Å². The standard InChI is InChI=1S/C20H27ClN4OS/c1-3-25-18(12-15-8-5-4-6-9-15)23-24-20(25)27-13-19(26)22-17-11-7-10-16(21)14(17)2/h7,10-11,15H,3-6,8-9,12-13H2,1-2H3,(H,22,26). The molecular weight excluding hydrogens is 380 g/mol. The zero-order valence-electron chi connectivity index (χ0n) is 16.0. The molecule has 1 aromatic carbocycles. The van der Waals surface area contributed by atoms with Crippen molar-refractivity contribution in [2.24, 2.45) is 5.92 Å². The zero-order valence-corrected chi connectivity index (χ0v) is 17.6. The van der Waals surface area contributed by atoms with Crippen LogP contribution in [0.4, 0.5) is 5.69 Å². The van der Waals surface area contributed by atoms with Gasteiger partial charge in [-0.2, -0.15) is 0 Å². The average molecular weight is 407 g/mol. The molecular formula is C20H27ClN4OS. The molecule has 1 heterocycles. The first-order chi connectivity index (χ1) is 13.1. The SMILES string of the molecule is CCn1c(CC2CCCCC2)nnc1SCC(=O)Nc1cccc(Cl)c1C. The van der Waals surface area contributed by atoms with E-state index in [0.29, 0.717) is 10.8 Å². The third-order valence-electron chi connectivity index (χ3n) is 5.18. The van der Waals surface area contributed by atoms with Crippen molar-refractivity contribution in [3.63, 3.8) is 0 Å². The fourth-order valence-corrected chi connectivity index (χ4v) is 4.60. The largest absolute Gasteiger partial charge is 0.325 e. The van der Waals surface area contributed by atoms with Gasteiger partial charge in [0.2, 0.25) is 5.91 Å². The van der Waals surface area contributed by atoms with Crippen molar-refractivity contribution < 1.29 is 4.79 Å². The molecule has 1 fully saturated rings. The molecule has 146 valence electrons. The summed E-state index contributed by atoms with van der Waals surface area (Å²) >= 11 is 7.55. The van der Waals surface area contributed by atoms with Crippen molar-refractivity contribution in [1.29, 1.82) is 0 Å². The molecule has 1 aliphatic rings. The minimum Gasteiger partial charge on any atom is -0.325 e. The van der Waals surface area contributed by atoms with Crippen LogP contribution in [0.5, 0.6) is 0 Å². The van der Waals surface area contributed by atoms with Gasteiger partial charge in [-0.05, 0) is 37.5 Å². The van der Waals surface area contributed by atoms with E-state index in [1.165, 1.54) is 43.9 Å². The second-order valence-corrected chi connectivity index (χ2v) is 8.45. The van der Waals surface area contributed by atoms with Crippen LogP contribution in [0.2, 0.25) is 5.02 Å². The van der Waals surface area contributed by atoms with E-state index in [0.717, 1.165) is 41.1 Å². The number of anilines is 1. The highest BCUT2D eigenvalue weighted by Gasteiger charge is 2.19. The molecule has 0 radical (unpaired) electrons. The number of rotatable bonds is 7. The molecule has 5 nitrogen and oxygen atoms in total. The minimum absolute atomic E-state index is 0.0650. The van der Waals surface area contributed by atoms with E-state index in [1.54, 1.807) is 0 Å². The summed E-state index contributed by atoms with van der Waals surface area (Å²) in [4.78, 5) is 12.3. The van der Waals surface area contributed by atoms with Gasteiger partial charge in [0.05, 0.1) is 5.75 Å². The molecule has 0 unspecified atom stereocenters. The number of amides is 1. The normalized spacial score (nSPS) is 15.1. The maximum atomic E-state index is 12.3. The number of aromatic nitrogens is 3. The third kappa shape index (κ3) is 5.26. The molecule has 1 saturated carbocycles. The van der Waals surface area contributed by atoms with Gasteiger partial charge in [-0.25, -0.2) is 0 Å². The van der Waals surface area contributed by atoms with Crippen molar-refractivity contribution in [2.45, 2.75) is 64.1 Å². The topological polar surface area (TPSA) is 59.8 Å². The zero-order chi connectivity index (χ0) is 19.2. The number of thioether (sulfide) groups is 1. The van der Waals surface area contributed by atoms with Crippen LogP contribution >= 0.6 is 23.4 Å². The van der Waals surface area contributed by atoms with Crippen molar-refractivity contribution >= 4 is 35.0 Å². The van der Waals surface area contributed by atoms with E-state index in [2.05, 4.69) is 27.0 Å². The van der Waals surface area contributed by atoms with E-state index in [-0.39, 0.29) is 5.91 Å². The van der Waals surface area contributed by atoms with E-state index < -0.39 is 0 Å². The van der Waals surface area contributed by atoms with Crippen molar-refractivity contribution in [2.75, 3.05) is 11.1 Å². The van der Waals surface area contributed by atoms with Crippen LogP contribution in [0.25, 0.3) is 0 Å². The van der Waals surface area contributed by atoms with Gasteiger partial charge in [0.25, 0.3) is 0 Å². The number of hydrogen-bond donors (Lipinski definition) is 1. The van der Waals surface area contributed by atoms with Gasteiger partial charge < -0.3 is 9.88 Å². The molecule has 27 heavy (non-hydrogen) atoms. The van der Waals surface area contributed by atoms with Gasteiger partial charge in [-0.3, -0.25) is 4.79 Å². The summed E-state index contributed by atoms with van der Waals surface area (Å²) in [5.41, 5.74) is 1.63. The molecule has 0 saturated heterocycles. The molecule has 1 amide bonds. The molecule has 1 aromatic heterocycles. The lowest BCUT2D eigenvalue weighted by Crippen LogP contribution is -2.16. The molecule has 0 bridgehead atoms. The number of nitrogens with one attached hydrogen (secondary N) is 1. The van der Waals surface area contributed by atoms with E-state index in [1.807, 2.05) is 25.1 Å². The van der Waals surface area contributed by atoms with Crippen LogP contribution < -0.4 is 5.32 Å². The molecule has 0 spiro atoms. The van der Waals surface area contributed by atoms with Crippen LogP contribution in [-0.4, -0.2) is 26.4 Å². The number of hydrogen-bond acceptors (Lipinski definition) is 4. The molecule has 0 aliphatic heterocycles. The first kappa shape index (κ1) is 20.2. The van der Waals surface area contributed by atoms with Gasteiger partial charge in [0.15, 0.2) is 5.16 Å². The maximum absolute atomic E-state index is 12.3. The molecule has 1 N–H and O–H groups in total. The van der Waals surface area contributed by atoms with Gasteiger partial charge in [-0.1, -0.05) is 61.5 Å². The number of carbonyl (C=O) groups excluding carboxylic acids is 1. The van der Waals surface area contributed by atoms with Crippen LogP contribution in [0.15, 0.2) is 23.4 Å². The Morgan fingerprint density at radius 3 is 2.81 bits per heavy atom. The van der Waals surface area contributed by atoms with Crippen molar-refractivity contribution in [3.8, 4) is 0 Å². The monoisotopic (exact) mass is 406 g/mol. The highest BCUT2D eigenvalue weighted by atomic mass is 35.5. The van der Waals surface area contributed by atoms with Crippen LogP contribution in [0.3, 0.4) is 0 Å². The Balaban J connectivity index is 1.58. The smallest absolute Gasteiger partial charge is 0.234 e. The minimum atomic E-state index is -0.0650. The first-order valence-electron chi connectivity index (χ1n) is 9.68. The Morgan fingerprint density at radius 2 is 2.07 bits per heavy atom. The van der Waals surface area contributed by atoms with Crippen LogP contribution in [0, 0.1) is 12.8 Å². The summed E-state index contributed by atoms with van der Waals surface area (Å²) in [6, 6.07) is 5.52. The summed E-state index contributed by atoms with van der Waals surface area (Å²) < 4.78 is 2.15. The lowest BCUT2D eigenvalue weighted by Gasteiger charge is -2.21. The Bertz CT molecular complexity index is 786. The third-order valence-corrected chi connectivity index (χ3v) is 6.56. The number of benzene rings is 1. The fraction of sp³-hybridized carbons (Fsp3) is 0.550. The highest BCUT2D eigenvalue weighted by Crippen LogP contribution is 2.28. The summed E-state index contributed by atoms with van der Waals surface area (Å²) in [6.45, 7) is 4.83. The summed E-state index contributed by atoms with van der Waals surface area (Å²) in [7, 11) is 0. The number of carbonyl (C=O) groups is 1. The van der Waals surface area contributed by atoms with Gasteiger partial charge in [-0.15, -0.1) is 10.2 Å². The predicted molar refractivity (Wildman–Crippen MR) is 112 cm³/mol. The van der Waals surface area contributed by atoms with E-state index >= 15 is 0 Å². The van der Waals surface area contributed by atoms with Crippen LogP contribution in [-0.2, 0) is 17.8 Å². The van der Waals surface area contributed by atoms with Crippen molar-refractivity contribution in [1.82, 2.24) is 14.8 Å². The van der Waals surface area contributed by atoms with Gasteiger partial charge in [0.1, 0.15) is 5.82 Å². The van der Waals surface area contributed by atoms with E-state index in [9.17, 15) is 4.79 Å². The summed E-state index contributed by atoms with van der Waals surface area (Å²) in [5.74, 6) is 2.01.